The Morgan fingerprint density at radius 2 is 1.83 bits per heavy atom. The SMILES string of the molecule is CCC1(C)CNCC(CC)(Cc2ccccc2)O1. The first kappa shape index (κ1) is 13.6. The number of morpholine rings is 1. The number of nitrogens with one attached hydrogen (secondary N) is 1. The van der Waals surface area contributed by atoms with Crippen molar-refractivity contribution in [2.45, 2.75) is 51.2 Å². The van der Waals surface area contributed by atoms with Crippen LogP contribution in [-0.4, -0.2) is 24.3 Å². The minimum atomic E-state index is -0.0512. The van der Waals surface area contributed by atoms with E-state index >= 15 is 0 Å². The third kappa shape index (κ3) is 2.93. The average molecular weight is 247 g/mol. The van der Waals surface area contributed by atoms with Gasteiger partial charge in [0.05, 0.1) is 11.2 Å². The molecule has 0 aliphatic carbocycles. The van der Waals surface area contributed by atoms with Gasteiger partial charge in [-0.2, -0.15) is 0 Å². The maximum Gasteiger partial charge on any atom is 0.0851 e. The largest absolute Gasteiger partial charge is 0.366 e. The Bertz CT molecular complexity index is 378. The van der Waals surface area contributed by atoms with Gasteiger partial charge in [0, 0.05) is 19.5 Å². The van der Waals surface area contributed by atoms with Crippen LogP contribution in [0, 0.1) is 0 Å². The third-order valence-corrected chi connectivity index (χ3v) is 4.17. The fraction of sp³-hybridized carbons (Fsp3) is 0.625. The smallest absolute Gasteiger partial charge is 0.0851 e. The van der Waals surface area contributed by atoms with Gasteiger partial charge < -0.3 is 10.1 Å². The van der Waals surface area contributed by atoms with Gasteiger partial charge in [-0.3, -0.25) is 0 Å². The van der Waals surface area contributed by atoms with E-state index in [0.29, 0.717) is 0 Å². The van der Waals surface area contributed by atoms with Crippen LogP contribution in [-0.2, 0) is 11.2 Å². The molecule has 18 heavy (non-hydrogen) atoms. The van der Waals surface area contributed by atoms with E-state index in [2.05, 4.69) is 56.4 Å². The second-order valence-corrected chi connectivity index (χ2v) is 5.71. The molecule has 1 saturated heterocycles. The molecule has 0 amide bonds. The molecule has 100 valence electrons. The van der Waals surface area contributed by atoms with Crippen LogP contribution in [0.15, 0.2) is 30.3 Å². The van der Waals surface area contributed by atoms with Crippen molar-refractivity contribution in [2.75, 3.05) is 13.1 Å². The van der Waals surface area contributed by atoms with Gasteiger partial charge in [-0.05, 0) is 25.3 Å². The minimum absolute atomic E-state index is 0.0248. The minimum Gasteiger partial charge on any atom is -0.366 e. The number of hydrogen-bond donors (Lipinski definition) is 1. The first-order valence-electron chi connectivity index (χ1n) is 7.06. The lowest BCUT2D eigenvalue weighted by atomic mass is 9.87. The van der Waals surface area contributed by atoms with E-state index in [9.17, 15) is 0 Å². The first-order valence-corrected chi connectivity index (χ1v) is 7.06. The molecule has 0 spiro atoms. The van der Waals surface area contributed by atoms with E-state index < -0.39 is 0 Å². The average Bonchev–Trinajstić information content (AvgIpc) is 2.40. The molecule has 0 bridgehead atoms. The maximum absolute atomic E-state index is 6.50. The summed E-state index contributed by atoms with van der Waals surface area (Å²) in [5.74, 6) is 0. The maximum atomic E-state index is 6.50. The van der Waals surface area contributed by atoms with Gasteiger partial charge >= 0.3 is 0 Å². The van der Waals surface area contributed by atoms with Gasteiger partial charge in [-0.25, -0.2) is 0 Å². The Morgan fingerprint density at radius 3 is 2.44 bits per heavy atom. The molecule has 0 saturated carbocycles. The summed E-state index contributed by atoms with van der Waals surface area (Å²) in [5, 5.41) is 3.56. The lowest BCUT2D eigenvalue weighted by Crippen LogP contribution is -2.59. The molecule has 2 rings (SSSR count). The molecule has 2 atom stereocenters. The zero-order valence-corrected chi connectivity index (χ0v) is 11.8. The molecule has 0 aromatic heterocycles. The number of ether oxygens (including phenoxy) is 1. The van der Waals surface area contributed by atoms with Gasteiger partial charge in [0.1, 0.15) is 0 Å². The quantitative estimate of drug-likeness (QED) is 0.882. The Kier molecular flexibility index (Phi) is 4.08. The van der Waals surface area contributed by atoms with Crippen LogP contribution in [0.1, 0.15) is 39.2 Å². The second-order valence-electron chi connectivity index (χ2n) is 5.71. The number of rotatable bonds is 4. The van der Waals surface area contributed by atoms with Crippen LogP contribution < -0.4 is 5.32 Å². The topological polar surface area (TPSA) is 21.3 Å². The Balaban J connectivity index is 2.15. The molecule has 2 nitrogen and oxygen atoms in total. The van der Waals surface area contributed by atoms with Crippen LogP contribution in [0.25, 0.3) is 0 Å². The predicted octanol–water partition coefficient (Wildman–Crippen LogP) is 3.17. The molecule has 2 heteroatoms. The second kappa shape index (κ2) is 5.41. The zero-order valence-electron chi connectivity index (χ0n) is 11.8. The van der Waals surface area contributed by atoms with Crippen molar-refractivity contribution in [3.8, 4) is 0 Å². The summed E-state index contributed by atoms with van der Waals surface area (Å²) in [6, 6.07) is 10.7. The summed E-state index contributed by atoms with van der Waals surface area (Å²) >= 11 is 0. The van der Waals surface area contributed by atoms with Crippen molar-refractivity contribution < 1.29 is 4.74 Å². The molecule has 1 N–H and O–H groups in total. The van der Waals surface area contributed by atoms with Crippen molar-refractivity contribution >= 4 is 0 Å². The van der Waals surface area contributed by atoms with E-state index in [1.807, 2.05) is 0 Å². The summed E-state index contributed by atoms with van der Waals surface area (Å²) < 4.78 is 6.50. The highest BCUT2D eigenvalue weighted by Crippen LogP contribution is 2.32. The Labute approximate surface area is 111 Å². The summed E-state index contributed by atoms with van der Waals surface area (Å²) in [6.07, 6.45) is 3.09. The van der Waals surface area contributed by atoms with Crippen LogP contribution in [0.4, 0.5) is 0 Å². The summed E-state index contributed by atoms with van der Waals surface area (Å²) in [6.45, 7) is 8.56. The Hall–Kier alpha value is -0.860. The van der Waals surface area contributed by atoms with Crippen molar-refractivity contribution in [3.63, 3.8) is 0 Å². The highest BCUT2D eigenvalue weighted by molar-refractivity contribution is 5.18. The van der Waals surface area contributed by atoms with Crippen molar-refractivity contribution in [2.24, 2.45) is 0 Å². The van der Waals surface area contributed by atoms with Crippen molar-refractivity contribution in [1.29, 1.82) is 0 Å². The van der Waals surface area contributed by atoms with Gasteiger partial charge in [-0.15, -0.1) is 0 Å². The van der Waals surface area contributed by atoms with E-state index in [4.69, 9.17) is 4.74 Å². The van der Waals surface area contributed by atoms with E-state index in [1.165, 1.54) is 5.56 Å². The van der Waals surface area contributed by atoms with E-state index in [1.54, 1.807) is 0 Å². The monoisotopic (exact) mass is 247 g/mol. The van der Waals surface area contributed by atoms with Crippen LogP contribution in [0.5, 0.6) is 0 Å². The number of benzene rings is 1. The van der Waals surface area contributed by atoms with E-state index in [-0.39, 0.29) is 11.2 Å². The van der Waals surface area contributed by atoms with Gasteiger partial charge in [0.2, 0.25) is 0 Å². The molecular weight excluding hydrogens is 222 g/mol. The summed E-state index contributed by atoms with van der Waals surface area (Å²) in [5.41, 5.74) is 1.29. The highest BCUT2D eigenvalue weighted by atomic mass is 16.5. The van der Waals surface area contributed by atoms with Crippen molar-refractivity contribution in [3.05, 3.63) is 35.9 Å². The van der Waals surface area contributed by atoms with Crippen LogP contribution in [0.3, 0.4) is 0 Å². The fourth-order valence-electron chi connectivity index (χ4n) is 2.74. The number of hydrogen-bond acceptors (Lipinski definition) is 2. The van der Waals surface area contributed by atoms with Crippen molar-refractivity contribution in [1.82, 2.24) is 5.32 Å². The zero-order chi connectivity index (χ0) is 13.1. The fourth-order valence-corrected chi connectivity index (χ4v) is 2.74. The molecule has 1 heterocycles. The van der Waals surface area contributed by atoms with Gasteiger partial charge in [0.25, 0.3) is 0 Å². The predicted molar refractivity (Wildman–Crippen MR) is 75.8 cm³/mol. The lowest BCUT2D eigenvalue weighted by molar-refractivity contribution is -0.172. The summed E-state index contributed by atoms with van der Waals surface area (Å²) in [4.78, 5) is 0. The third-order valence-electron chi connectivity index (χ3n) is 4.17. The van der Waals surface area contributed by atoms with Crippen LogP contribution in [0.2, 0.25) is 0 Å². The normalized spacial score (nSPS) is 32.4. The molecule has 1 aliphatic heterocycles. The molecule has 1 fully saturated rings. The Morgan fingerprint density at radius 1 is 1.11 bits per heavy atom. The van der Waals surface area contributed by atoms with Gasteiger partial charge in [-0.1, -0.05) is 44.2 Å². The standard InChI is InChI=1S/C16H25NO/c1-4-15(3)12-17-13-16(5-2,18-15)11-14-9-7-6-8-10-14/h6-10,17H,4-5,11-13H2,1-3H3. The van der Waals surface area contributed by atoms with Gasteiger partial charge in [0.15, 0.2) is 0 Å². The molecule has 2 unspecified atom stereocenters. The van der Waals surface area contributed by atoms with E-state index in [0.717, 1.165) is 32.4 Å². The highest BCUT2D eigenvalue weighted by Gasteiger charge is 2.41. The molecule has 0 radical (unpaired) electrons. The molecule has 1 aromatic rings. The molecular formula is C16H25NO. The molecule has 1 aliphatic rings. The first-order chi connectivity index (χ1) is 8.61. The van der Waals surface area contributed by atoms with Crippen LogP contribution >= 0.6 is 0 Å². The molecule has 1 aromatic carbocycles. The lowest BCUT2D eigenvalue weighted by Gasteiger charge is -2.47. The summed E-state index contributed by atoms with van der Waals surface area (Å²) in [7, 11) is 0.